The van der Waals surface area contributed by atoms with Gasteiger partial charge in [-0.3, -0.25) is 10.2 Å². The van der Waals surface area contributed by atoms with Crippen LogP contribution in [0.2, 0.25) is 0 Å². The van der Waals surface area contributed by atoms with Crippen molar-refractivity contribution in [3.05, 3.63) is 40.4 Å². The Bertz CT molecular complexity index is 675. The summed E-state index contributed by atoms with van der Waals surface area (Å²) < 4.78 is 5.58. The van der Waals surface area contributed by atoms with E-state index >= 15 is 0 Å². The Morgan fingerprint density at radius 3 is 2.59 bits per heavy atom. The second-order valence-corrected chi connectivity index (χ2v) is 6.09. The van der Waals surface area contributed by atoms with E-state index in [1.165, 1.54) is 18.3 Å². The van der Waals surface area contributed by atoms with Crippen LogP contribution in [0.3, 0.4) is 0 Å². The van der Waals surface area contributed by atoms with Crippen molar-refractivity contribution in [1.29, 1.82) is 0 Å². The first-order valence-electron chi connectivity index (χ1n) is 7.00. The lowest BCUT2D eigenvalue weighted by molar-refractivity contribution is 0.102. The molecule has 1 aromatic heterocycles. The Kier molecular flexibility index (Phi) is 5.27. The molecule has 0 saturated carbocycles. The highest BCUT2D eigenvalue weighted by molar-refractivity contribution is 7.17. The molecule has 0 spiro atoms. The third kappa shape index (κ3) is 4.39. The second kappa shape index (κ2) is 7.17. The van der Waals surface area contributed by atoms with Crippen LogP contribution in [0, 0.1) is 6.92 Å². The summed E-state index contributed by atoms with van der Waals surface area (Å²) in [7, 11) is 0. The van der Waals surface area contributed by atoms with Crippen molar-refractivity contribution in [3.63, 3.8) is 0 Å². The normalized spacial score (nSPS) is 11.1. The van der Waals surface area contributed by atoms with E-state index in [0.29, 0.717) is 10.0 Å². The summed E-state index contributed by atoms with van der Waals surface area (Å²) in [4.78, 5) is 16.3. The molecule has 0 fully saturated rings. The van der Waals surface area contributed by atoms with Gasteiger partial charge in [0.05, 0.1) is 22.9 Å². The van der Waals surface area contributed by atoms with Gasteiger partial charge < -0.3 is 4.74 Å². The number of nitrogens with zero attached hydrogens (tertiary/aromatic N) is 2. The molecule has 0 unspecified atom stereocenters. The number of ether oxygens (including phenoxy) is 1. The van der Waals surface area contributed by atoms with E-state index in [4.69, 9.17) is 4.74 Å². The van der Waals surface area contributed by atoms with Crippen molar-refractivity contribution in [2.45, 2.75) is 33.8 Å². The van der Waals surface area contributed by atoms with Gasteiger partial charge in [0.2, 0.25) is 5.13 Å². The predicted molar refractivity (Wildman–Crippen MR) is 90.3 cm³/mol. The van der Waals surface area contributed by atoms with Crippen LogP contribution in [0.5, 0.6) is 5.75 Å². The molecule has 0 aliphatic rings. The fraction of sp³-hybridized carbons (Fsp3) is 0.312. The largest absolute Gasteiger partial charge is 0.491 e. The summed E-state index contributed by atoms with van der Waals surface area (Å²) in [5.74, 6) is 0.856. The van der Waals surface area contributed by atoms with Crippen LogP contribution in [0.1, 0.15) is 41.7 Å². The molecule has 0 radical (unpaired) electrons. The van der Waals surface area contributed by atoms with Crippen LogP contribution in [-0.4, -0.2) is 23.1 Å². The molecule has 0 saturated heterocycles. The Labute approximate surface area is 134 Å². The number of nitrogens with one attached hydrogen (secondary N) is 1. The highest BCUT2D eigenvalue weighted by Gasteiger charge is 2.10. The van der Waals surface area contributed by atoms with Gasteiger partial charge in [-0.25, -0.2) is 4.98 Å². The molecule has 0 bridgehead atoms. The number of rotatable bonds is 6. The lowest BCUT2D eigenvalue weighted by Crippen LogP contribution is -2.05. The van der Waals surface area contributed by atoms with Crippen LogP contribution in [0.25, 0.3) is 0 Å². The maximum absolute atomic E-state index is 11.4. The van der Waals surface area contributed by atoms with E-state index in [1.807, 2.05) is 45.0 Å². The highest BCUT2D eigenvalue weighted by Crippen LogP contribution is 2.22. The van der Waals surface area contributed by atoms with E-state index in [1.54, 1.807) is 6.21 Å². The minimum absolute atomic E-state index is 0.0211. The second-order valence-electron chi connectivity index (χ2n) is 5.10. The Hall–Kier alpha value is -2.21. The average Bonchev–Trinajstić information content (AvgIpc) is 2.81. The third-order valence-corrected chi connectivity index (χ3v) is 3.90. The topological polar surface area (TPSA) is 63.6 Å². The third-order valence-electron chi connectivity index (χ3n) is 2.74. The summed E-state index contributed by atoms with van der Waals surface area (Å²) in [6, 6.07) is 7.67. The Balaban J connectivity index is 1.97. The van der Waals surface area contributed by atoms with Gasteiger partial charge in [0.15, 0.2) is 5.78 Å². The zero-order valence-corrected chi connectivity index (χ0v) is 13.9. The summed E-state index contributed by atoms with van der Waals surface area (Å²) in [6.45, 7) is 7.33. The summed E-state index contributed by atoms with van der Waals surface area (Å²) in [5, 5.41) is 4.75. The number of hydrazone groups is 1. The van der Waals surface area contributed by atoms with E-state index in [2.05, 4.69) is 15.5 Å². The lowest BCUT2D eigenvalue weighted by Gasteiger charge is -2.08. The first kappa shape index (κ1) is 16.2. The molecule has 2 aromatic rings. The van der Waals surface area contributed by atoms with Crippen molar-refractivity contribution in [1.82, 2.24) is 4.98 Å². The smallest absolute Gasteiger partial charge is 0.204 e. The molecule has 0 aliphatic heterocycles. The number of ketones is 1. The summed E-state index contributed by atoms with van der Waals surface area (Å²) in [5.41, 5.74) is 4.52. The molecule has 2 rings (SSSR count). The van der Waals surface area contributed by atoms with Gasteiger partial charge in [0, 0.05) is 6.92 Å². The van der Waals surface area contributed by atoms with Crippen LogP contribution in [-0.2, 0) is 0 Å². The van der Waals surface area contributed by atoms with E-state index in [9.17, 15) is 4.79 Å². The number of carbonyl (C=O) groups is 1. The number of carbonyl (C=O) groups excluding carboxylic acids is 1. The predicted octanol–water partition coefficient (Wildman–Crippen LogP) is 3.89. The van der Waals surface area contributed by atoms with Crippen LogP contribution >= 0.6 is 11.3 Å². The molecule has 22 heavy (non-hydrogen) atoms. The number of anilines is 1. The molecule has 6 heteroatoms. The molecule has 116 valence electrons. The van der Waals surface area contributed by atoms with Crippen molar-refractivity contribution in [3.8, 4) is 5.75 Å². The fourth-order valence-electron chi connectivity index (χ4n) is 1.84. The van der Waals surface area contributed by atoms with Crippen LogP contribution in [0.15, 0.2) is 29.4 Å². The maximum Gasteiger partial charge on any atom is 0.204 e. The van der Waals surface area contributed by atoms with Crippen molar-refractivity contribution < 1.29 is 9.53 Å². The van der Waals surface area contributed by atoms with Gasteiger partial charge in [-0.15, -0.1) is 0 Å². The van der Waals surface area contributed by atoms with Gasteiger partial charge in [0.1, 0.15) is 5.75 Å². The number of thiazole rings is 1. The molecule has 1 aromatic carbocycles. The Morgan fingerprint density at radius 2 is 2.05 bits per heavy atom. The summed E-state index contributed by atoms with van der Waals surface area (Å²) >= 11 is 1.31. The lowest BCUT2D eigenvalue weighted by atomic mass is 10.2. The van der Waals surface area contributed by atoms with Gasteiger partial charge in [-0.2, -0.15) is 5.10 Å². The van der Waals surface area contributed by atoms with Crippen LogP contribution in [0.4, 0.5) is 5.13 Å². The monoisotopic (exact) mass is 317 g/mol. The molecule has 0 amide bonds. The molecular weight excluding hydrogens is 298 g/mol. The first-order valence-corrected chi connectivity index (χ1v) is 7.81. The van der Waals surface area contributed by atoms with Crippen molar-refractivity contribution in [2.75, 3.05) is 5.43 Å². The zero-order valence-electron chi connectivity index (χ0n) is 13.1. The SMILES string of the molecule is CC(=O)c1sc(N/N=C/c2ccc(OC(C)C)cc2)nc1C. The molecule has 1 heterocycles. The molecule has 5 nitrogen and oxygen atoms in total. The molecule has 1 N–H and O–H groups in total. The fourth-order valence-corrected chi connectivity index (χ4v) is 2.65. The zero-order chi connectivity index (χ0) is 16.1. The molecular formula is C16H19N3O2S. The van der Waals surface area contributed by atoms with Gasteiger partial charge in [0.25, 0.3) is 0 Å². The molecule has 0 atom stereocenters. The summed E-state index contributed by atoms with van der Waals surface area (Å²) in [6.07, 6.45) is 1.85. The van der Waals surface area contributed by atoms with E-state index in [-0.39, 0.29) is 11.9 Å². The minimum atomic E-state index is 0.0211. The van der Waals surface area contributed by atoms with Crippen LogP contribution < -0.4 is 10.2 Å². The maximum atomic E-state index is 11.4. The van der Waals surface area contributed by atoms with Gasteiger partial charge in [-0.05, 0) is 50.6 Å². The first-order chi connectivity index (χ1) is 10.5. The van der Waals surface area contributed by atoms with E-state index < -0.39 is 0 Å². The van der Waals surface area contributed by atoms with Crippen molar-refractivity contribution >= 4 is 28.5 Å². The van der Waals surface area contributed by atoms with Crippen molar-refractivity contribution in [2.24, 2.45) is 5.10 Å². The number of hydrogen-bond acceptors (Lipinski definition) is 6. The minimum Gasteiger partial charge on any atom is -0.491 e. The number of aromatic nitrogens is 1. The number of hydrogen-bond donors (Lipinski definition) is 1. The quantitative estimate of drug-likeness (QED) is 0.499. The standard InChI is InChI=1S/C16H19N3O2S/c1-10(2)21-14-7-5-13(6-8-14)9-17-19-16-18-11(3)15(22-16)12(4)20/h5-10H,1-4H3,(H,18,19)/b17-9+. The number of aryl methyl sites for hydroxylation is 1. The number of Topliss-reactive ketones (excluding diaryl/α,β-unsaturated/α-hetero) is 1. The van der Waals surface area contributed by atoms with Gasteiger partial charge in [-0.1, -0.05) is 11.3 Å². The molecule has 0 aliphatic carbocycles. The van der Waals surface area contributed by atoms with E-state index in [0.717, 1.165) is 17.0 Å². The highest BCUT2D eigenvalue weighted by atomic mass is 32.1. The number of benzene rings is 1. The average molecular weight is 317 g/mol. The Morgan fingerprint density at radius 1 is 1.36 bits per heavy atom. The van der Waals surface area contributed by atoms with Gasteiger partial charge >= 0.3 is 0 Å².